The minimum Gasteiger partial charge on any atom is -0.481 e. The minimum absolute atomic E-state index is 0.0705. The number of nitrogens with zero attached hydrogens (tertiary/aromatic N) is 1. The molecule has 4 atom stereocenters. The Bertz CT molecular complexity index is 580. The van der Waals surface area contributed by atoms with Gasteiger partial charge in [0.2, 0.25) is 10.0 Å². The van der Waals surface area contributed by atoms with Gasteiger partial charge in [0.1, 0.15) is 0 Å². The van der Waals surface area contributed by atoms with Crippen molar-refractivity contribution >= 4 is 22.0 Å². The molecule has 9 heteroatoms. The average Bonchev–Trinajstić information content (AvgIpc) is 2.91. The molecule has 4 unspecified atom stereocenters. The van der Waals surface area contributed by atoms with Crippen molar-refractivity contribution in [1.29, 1.82) is 0 Å². The molecule has 1 saturated heterocycles. The van der Waals surface area contributed by atoms with Crippen molar-refractivity contribution in [2.75, 3.05) is 25.9 Å². The summed E-state index contributed by atoms with van der Waals surface area (Å²) in [4.78, 5) is 25.3. The molecule has 1 saturated carbocycles. The maximum Gasteiger partial charge on any atom is 0.317 e. The van der Waals surface area contributed by atoms with E-state index in [9.17, 15) is 23.1 Å². The second kappa shape index (κ2) is 7.69. The van der Waals surface area contributed by atoms with Crippen LogP contribution < -0.4 is 10.0 Å². The van der Waals surface area contributed by atoms with E-state index in [4.69, 9.17) is 0 Å². The number of carboxylic acid groups (broad SMARTS) is 1. The summed E-state index contributed by atoms with van der Waals surface area (Å²) in [7, 11) is -3.25. The van der Waals surface area contributed by atoms with Gasteiger partial charge < -0.3 is 15.3 Å². The number of rotatable bonds is 5. The van der Waals surface area contributed by atoms with E-state index in [0.29, 0.717) is 19.5 Å². The Balaban J connectivity index is 1.91. The Morgan fingerprint density at radius 1 is 1.25 bits per heavy atom. The summed E-state index contributed by atoms with van der Waals surface area (Å²) in [5.74, 6) is -1.17. The molecule has 8 nitrogen and oxygen atoms in total. The summed E-state index contributed by atoms with van der Waals surface area (Å²) in [5.41, 5.74) is 0. The van der Waals surface area contributed by atoms with Gasteiger partial charge in [0, 0.05) is 25.7 Å². The summed E-state index contributed by atoms with van der Waals surface area (Å²) in [6.45, 7) is 3.04. The van der Waals surface area contributed by atoms with Crippen LogP contribution in [0, 0.1) is 17.8 Å². The van der Waals surface area contributed by atoms with Crippen LogP contribution in [0.25, 0.3) is 0 Å². The van der Waals surface area contributed by atoms with E-state index in [1.807, 2.05) is 6.92 Å². The number of carbonyl (C=O) groups excluding carboxylic acids is 1. The number of amides is 2. The quantitative estimate of drug-likeness (QED) is 0.658. The van der Waals surface area contributed by atoms with Gasteiger partial charge in [-0.2, -0.15) is 0 Å². The number of piperidine rings is 1. The van der Waals surface area contributed by atoms with Crippen LogP contribution in [0.15, 0.2) is 0 Å². The highest BCUT2D eigenvalue weighted by Crippen LogP contribution is 2.26. The Labute approximate surface area is 143 Å². The van der Waals surface area contributed by atoms with Crippen molar-refractivity contribution in [3.63, 3.8) is 0 Å². The number of nitrogens with one attached hydrogen (secondary N) is 2. The van der Waals surface area contributed by atoms with E-state index in [2.05, 4.69) is 10.0 Å². The zero-order chi connectivity index (χ0) is 17.9. The molecule has 3 N–H and O–H groups in total. The first kappa shape index (κ1) is 19.0. The molecule has 1 aliphatic heterocycles. The lowest BCUT2D eigenvalue weighted by atomic mass is 9.91. The van der Waals surface area contributed by atoms with E-state index in [0.717, 1.165) is 25.5 Å². The van der Waals surface area contributed by atoms with Gasteiger partial charge >= 0.3 is 12.0 Å². The van der Waals surface area contributed by atoms with Gasteiger partial charge in [-0.1, -0.05) is 13.3 Å². The molecule has 2 fully saturated rings. The van der Waals surface area contributed by atoms with Crippen molar-refractivity contribution in [3.8, 4) is 0 Å². The zero-order valence-corrected chi connectivity index (χ0v) is 15.0. The smallest absolute Gasteiger partial charge is 0.317 e. The van der Waals surface area contributed by atoms with Crippen LogP contribution in [-0.2, 0) is 14.8 Å². The van der Waals surface area contributed by atoms with Crippen molar-refractivity contribution < 1.29 is 23.1 Å². The minimum atomic E-state index is -3.25. The van der Waals surface area contributed by atoms with Crippen molar-refractivity contribution in [2.45, 2.75) is 38.6 Å². The number of urea groups is 1. The van der Waals surface area contributed by atoms with E-state index >= 15 is 0 Å². The van der Waals surface area contributed by atoms with Crippen LogP contribution in [0.2, 0.25) is 0 Å². The van der Waals surface area contributed by atoms with Crippen LogP contribution in [0.5, 0.6) is 0 Å². The number of sulfonamides is 1. The third-order valence-corrected chi connectivity index (χ3v) is 5.56. The fourth-order valence-corrected chi connectivity index (χ4v) is 4.19. The topological polar surface area (TPSA) is 116 Å². The summed E-state index contributed by atoms with van der Waals surface area (Å²) < 4.78 is 25.0. The fourth-order valence-electron chi connectivity index (χ4n) is 3.68. The van der Waals surface area contributed by atoms with Gasteiger partial charge in [0.25, 0.3) is 0 Å². The van der Waals surface area contributed by atoms with E-state index in [1.165, 1.54) is 0 Å². The maximum atomic E-state index is 12.5. The molecule has 0 spiro atoms. The van der Waals surface area contributed by atoms with Crippen LogP contribution in [0.1, 0.15) is 32.6 Å². The van der Waals surface area contributed by atoms with E-state index in [-0.39, 0.29) is 30.5 Å². The molecule has 0 aromatic heterocycles. The van der Waals surface area contributed by atoms with Gasteiger partial charge in [-0.05, 0) is 31.1 Å². The highest BCUT2D eigenvalue weighted by atomic mass is 32.2. The number of aliphatic carboxylic acids is 1. The third kappa shape index (κ3) is 5.34. The summed E-state index contributed by atoms with van der Waals surface area (Å²) in [5, 5.41) is 12.2. The summed E-state index contributed by atoms with van der Waals surface area (Å²) >= 11 is 0. The second-order valence-electron chi connectivity index (χ2n) is 7.15. The normalized spacial score (nSPS) is 31.0. The summed E-state index contributed by atoms with van der Waals surface area (Å²) in [6.07, 6.45) is 4.32. The van der Waals surface area contributed by atoms with Crippen LogP contribution in [0.3, 0.4) is 0 Å². The summed E-state index contributed by atoms with van der Waals surface area (Å²) in [6, 6.07) is -0.323. The molecule has 2 rings (SSSR count). The largest absolute Gasteiger partial charge is 0.481 e. The lowest BCUT2D eigenvalue weighted by Gasteiger charge is -2.35. The Morgan fingerprint density at radius 2 is 1.96 bits per heavy atom. The Hall–Kier alpha value is -1.35. The molecule has 2 amide bonds. The number of carbonyl (C=O) groups is 2. The molecule has 1 aliphatic carbocycles. The fraction of sp³-hybridized carbons (Fsp3) is 0.867. The molecule has 24 heavy (non-hydrogen) atoms. The van der Waals surface area contributed by atoms with Gasteiger partial charge in [-0.25, -0.2) is 17.9 Å². The van der Waals surface area contributed by atoms with Crippen LogP contribution >= 0.6 is 0 Å². The highest BCUT2D eigenvalue weighted by Gasteiger charge is 2.34. The van der Waals surface area contributed by atoms with E-state index in [1.54, 1.807) is 4.90 Å². The van der Waals surface area contributed by atoms with Crippen molar-refractivity contribution in [1.82, 2.24) is 14.9 Å². The zero-order valence-electron chi connectivity index (χ0n) is 14.2. The van der Waals surface area contributed by atoms with Crippen LogP contribution in [-0.4, -0.2) is 62.4 Å². The Kier molecular flexibility index (Phi) is 6.08. The first-order chi connectivity index (χ1) is 11.2. The average molecular weight is 361 g/mol. The molecule has 0 aromatic carbocycles. The lowest BCUT2D eigenvalue weighted by Crippen LogP contribution is -2.53. The number of hydrogen-bond donors (Lipinski definition) is 3. The first-order valence-corrected chi connectivity index (χ1v) is 10.3. The SMILES string of the molecule is CC1CC(C(=O)O)CN(C(=O)NC2CCCC2CNS(C)(=O)=O)C1. The predicted octanol–water partition coefficient (Wildman–Crippen LogP) is 0.457. The third-order valence-electron chi connectivity index (χ3n) is 4.87. The molecule has 0 bridgehead atoms. The molecule has 0 aromatic rings. The monoisotopic (exact) mass is 361 g/mol. The predicted molar refractivity (Wildman–Crippen MR) is 89.0 cm³/mol. The molecular weight excluding hydrogens is 334 g/mol. The van der Waals surface area contributed by atoms with Crippen molar-refractivity contribution in [2.24, 2.45) is 17.8 Å². The van der Waals surface area contributed by atoms with Gasteiger partial charge in [-0.15, -0.1) is 0 Å². The van der Waals surface area contributed by atoms with Gasteiger partial charge in [0.15, 0.2) is 0 Å². The highest BCUT2D eigenvalue weighted by molar-refractivity contribution is 7.88. The molecule has 0 radical (unpaired) electrons. The molecular formula is C15H27N3O5S. The van der Waals surface area contributed by atoms with Gasteiger partial charge in [-0.3, -0.25) is 4.79 Å². The maximum absolute atomic E-state index is 12.5. The molecule has 2 aliphatic rings. The Morgan fingerprint density at radius 3 is 2.58 bits per heavy atom. The van der Waals surface area contributed by atoms with Gasteiger partial charge in [0.05, 0.1) is 12.2 Å². The number of hydrogen-bond acceptors (Lipinski definition) is 4. The van der Waals surface area contributed by atoms with Crippen LogP contribution in [0.4, 0.5) is 4.79 Å². The second-order valence-corrected chi connectivity index (χ2v) is 8.98. The number of carboxylic acids is 1. The molecule has 138 valence electrons. The van der Waals surface area contributed by atoms with E-state index < -0.39 is 21.9 Å². The van der Waals surface area contributed by atoms with Crippen molar-refractivity contribution in [3.05, 3.63) is 0 Å². The molecule has 1 heterocycles. The lowest BCUT2D eigenvalue weighted by molar-refractivity contribution is -0.143. The number of likely N-dealkylation sites (tertiary alicyclic amines) is 1. The first-order valence-electron chi connectivity index (χ1n) is 8.38. The standard InChI is InChI=1S/C15H27N3O5S/c1-10-6-12(14(19)20)9-18(8-10)15(21)17-13-5-3-4-11(13)7-16-24(2,22)23/h10-13,16H,3-9H2,1-2H3,(H,17,21)(H,19,20).